The molecule has 0 atom stereocenters. The minimum absolute atomic E-state index is 0.186. The van der Waals surface area contributed by atoms with E-state index in [1.807, 2.05) is 6.07 Å². The molecule has 2 rings (SSSR count). The summed E-state index contributed by atoms with van der Waals surface area (Å²) in [5, 5.41) is 12.7. The van der Waals surface area contributed by atoms with E-state index in [1.165, 1.54) is 12.1 Å². The van der Waals surface area contributed by atoms with Gasteiger partial charge in [0.05, 0.1) is 27.0 Å². The second-order valence-electron chi connectivity index (χ2n) is 3.52. The van der Waals surface area contributed by atoms with E-state index in [2.05, 4.69) is 5.32 Å². The smallest absolute Gasteiger partial charge is 0.124 e. The number of benzene rings is 2. The van der Waals surface area contributed by atoms with E-state index in [9.17, 15) is 4.39 Å². The predicted molar refractivity (Wildman–Crippen MR) is 70.9 cm³/mol. The van der Waals surface area contributed by atoms with Crippen molar-refractivity contribution in [2.75, 3.05) is 5.32 Å². The van der Waals surface area contributed by atoms with Crippen molar-refractivity contribution in [2.24, 2.45) is 0 Å². The fourth-order valence-electron chi connectivity index (χ4n) is 1.47. The second kappa shape index (κ2) is 5.26. The van der Waals surface area contributed by atoms with Gasteiger partial charge in [-0.2, -0.15) is 5.26 Å². The number of para-hydroxylation sites is 1. The largest absolute Gasteiger partial charge is 0.352 e. The first kappa shape index (κ1) is 12.7. The van der Waals surface area contributed by atoms with Crippen molar-refractivity contribution in [1.29, 1.82) is 5.26 Å². The number of nitriles is 1. The van der Waals surface area contributed by atoms with Crippen LogP contribution in [-0.4, -0.2) is 0 Å². The third-order valence-electron chi connectivity index (χ3n) is 2.32. The van der Waals surface area contributed by atoms with Gasteiger partial charge in [-0.05, 0) is 30.3 Å². The molecule has 2 aromatic carbocycles. The van der Waals surface area contributed by atoms with Gasteiger partial charge in [0.1, 0.15) is 11.9 Å². The number of nitrogens with zero attached hydrogens (tertiary/aromatic N) is 1. The standard InChI is InChI=1S/C13H7Cl2FN2/c14-10-2-1-3-11(15)13(10)18-12-5-4-9(16)6-8(12)7-17/h1-6,18H. The van der Waals surface area contributed by atoms with Gasteiger partial charge in [-0.25, -0.2) is 4.39 Å². The highest BCUT2D eigenvalue weighted by molar-refractivity contribution is 6.39. The molecule has 0 spiro atoms. The minimum atomic E-state index is -0.470. The van der Waals surface area contributed by atoms with Crippen LogP contribution in [0, 0.1) is 17.1 Å². The molecule has 0 aliphatic heterocycles. The number of hydrogen-bond donors (Lipinski definition) is 1. The lowest BCUT2D eigenvalue weighted by molar-refractivity contribution is 0.627. The van der Waals surface area contributed by atoms with Crippen LogP contribution in [-0.2, 0) is 0 Å². The Morgan fingerprint density at radius 2 is 1.78 bits per heavy atom. The van der Waals surface area contributed by atoms with Gasteiger partial charge in [0.2, 0.25) is 0 Å². The lowest BCUT2D eigenvalue weighted by atomic mass is 10.2. The van der Waals surface area contributed by atoms with Crippen molar-refractivity contribution in [3.8, 4) is 6.07 Å². The van der Waals surface area contributed by atoms with Crippen LogP contribution in [0.15, 0.2) is 36.4 Å². The zero-order valence-electron chi connectivity index (χ0n) is 9.05. The van der Waals surface area contributed by atoms with E-state index in [0.29, 0.717) is 21.4 Å². The van der Waals surface area contributed by atoms with Crippen LogP contribution in [0.5, 0.6) is 0 Å². The Bertz CT molecular complexity index is 615. The number of hydrogen-bond acceptors (Lipinski definition) is 2. The summed E-state index contributed by atoms with van der Waals surface area (Å²) < 4.78 is 13.0. The first-order chi connectivity index (χ1) is 8.61. The number of rotatable bonds is 2. The normalized spacial score (nSPS) is 9.89. The van der Waals surface area contributed by atoms with Crippen LogP contribution >= 0.6 is 23.2 Å². The quantitative estimate of drug-likeness (QED) is 0.862. The molecule has 90 valence electrons. The average Bonchev–Trinajstić information content (AvgIpc) is 2.35. The van der Waals surface area contributed by atoms with Gasteiger partial charge >= 0.3 is 0 Å². The molecular weight excluding hydrogens is 274 g/mol. The first-order valence-electron chi connectivity index (χ1n) is 5.02. The molecule has 1 N–H and O–H groups in total. The lowest BCUT2D eigenvalue weighted by Gasteiger charge is -2.11. The molecule has 0 saturated heterocycles. The molecule has 18 heavy (non-hydrogen) atoms. The van der Waals surface area contributed by atoms with E-state index in [-0.39, 0.29) is 5.56 Å². The zero-order chi connectivity index (χ0) is 13.1. The Morgan fingerprint density at radius 3 is 2.39 bits per heavy atom. The van der Waals surface area contributed by atoms with Crippen LogP contribution in [0.1, 0.15) is 5.56 Å². The van der Waals surface area contributed by atoms with Gasteiger partial charge in [0.25, 0.3) is 0 Å². The molecule has 2 aromatic rings. The van der Waals surface area contributed by atoms with E-state index in [0.717, 1.165) is 6.07 Å². The lowest BCUT2D eigenvalue weighted by Crippen LogP contribution is -1.96. The van der Waals surface area contributed by atoms with Crippen LogP contribution in [0.2, 0.25) is 10.0 Å². The molecule has 0 fully saturated rings. The maximum absolute atomic E-state index is 13.0. The summed E-state index contributed by atoms with van der Waals surface area (Å²) >= 11 is 12.0. The maximum atomic E-state index is 13.0. The fourth-order valence-corrected chi connectivity index (χ4v) is 1.96. The molecule has 2 nitrogen and oxygen atoms in total. The van der Waals surface area contributed by atoms with E-state index < -0.39 is 5.82 Å². The SMILES string of the molecule is N#Cc1cc(F)ccc1Nc1c(Cl)cccc1Cl. The fraction of sp³-hybridized carbons (Fsp3) is 0. The van der Waals surface area contributed by atoms with Crippen LogP contribution in [0.3, 0.4) is 0 Å². The van der Waals surface area contributed by atoms with E-state index in [4.69, 9.17) is 28.5 Å². The molecule has 0 unspecified atom stereocenters. The average molecular weight is 281 g/mol. The van der Waals surface area contributed by atoms with Crippen molar-refractivity contribution in [1.82, 2.24) is 0 Å². The van der Waals surface area contributed by atoms with Gasteiger partial charge in [-0.3, -0.25) is 0 Å². The van der Waals surface area contributed by atoms with Gasteiger partial charge in [0.15, 0.2) is 0 Å². The Kier molecular flexibility index (Phi) is 3.71. The van der Waals surface area contributed by atoms with E-state index in [1.54, 1.807) is 18.2 Å². The Morgan fingerprint density at radius 1 is 1.11 bits per heavy atom. The number of halogens is 3. The molecule has 0 saturated carbocycles. The summed E-state index contributed by atoms with van der Waals surface area (Å²) in [6, 6.07) is 10.8. The highest BCUT2D eigenvalue weighted by atomic mass is 35.5. The third-order valence-corrected chi connectivity index (χ3v) is 2.95. The molecule has 0 amide bonds. The summed E-state index contributed by atoms with van der Waals surface area (Å²) in [6.07, 6.45) is 0. The topological polar surface area (TPSA) is 35.8 Å². The molecule has 5 heteroatoms. The van der Waals surface area contributed by atoms with Crippen molar-refractivity contribution < 1.29 is 4.39 Å². The highest BCUT2D eigenvalue weighted by Gasteiger charge is 2.09. The maximum Gasteiger partial charge on any atom is 0.124 e. The predicted octanol–water partition coefficient (Wildman–Crippen LogP) is 4.75. The molecule has 0 radical (unpaired) electrons. The van der Waals surface area contributed by atoms with Crippen molar-refractivity contribution in [3.05, 3.63) is 57.8 Å². The van der Waals surface area contributed by atoms with Gasteiger partial charge in [-0.15, -0.1) is 0 Å². The molecule has 0 aromatic heterocycles. The van der Waals surface area contributed by atoms with Crippen molar-refractivity contribution >= 4 is 34.6 Å². The number of nitrogens with one attached hydrogen (secondary N) is 1. The van der Waals surface area contributed by atoms with Crippen molar-refractivity contribution in [2.45, 2.75) is 0 Å². The summed E-state index contributed by atoms with van der Waals surface area (Å²) in [5.74, 6) is -0.470. The Hall–Kier alpha value is -1.76. The van der Waals surface area contributed by atoms with Crippen LogP contribution in [0.25, 0.3) is 0 Å². The summed E-state index contributed by atoms with van der Waals surface area (Å²) in [6.45, 7) is 0. The Balaban J connectivity index is 2.44. The molecule has 0 aliphatic rings. The van der Waals surface area contributed by atoms with E-state index >= 15 is 0 Å². The van der Waals surface area contributed by atoms with Crippen LogP contribution in [0.4, 0.5) is 15.8 Å². The molecular formula is C13H7Cl2FN2. The van der Waals surface area contributed by atoms with Gasteiger partial charge in [-0.1, -0.05) is 29.3 Å². The van der Waals surface area contributed by atoms with Crippen molar-refractivity contribution in [3.63, 3.8) is 0 Å². The summed E-state index contributed by atoms with van der Waals surface area (Å²) in [5.41, 5.74) is 1.13. The Labute approximate surface area is 114 Å². The molecule has 0 heterocycles. The number of anilines is 2. The molecule has 0 aliphatic carbocycles. The second-order valence-corrected chi connectivity index (χ2v) is 4.34. The monoisotopic (exact) mass is 280 g/mol. The third kappa shape index (κ3) is 2.56. The minimum Gasteiger partial charge on any atom is -0.352 e. The zero-order valence-corrected chi connectivity index (χ0v) is 10.6. The summed E-state index contributed by atoms with van der Waals surface area (Å²) in [4.78, 5) is 0. The first-order valence-corrected chi connectivity index (χ1v) is 5.78. The van der Waals surface area contributed by atoms with Gasteiger partial charge < -0.3 is 5.32 Å². The van der Waals surface area contributed by atoms with Crippen LogP contribution < -0.4 is 5.32 Å². The highest BCUT2D eigenvalue weighted by Crippen LogP contribution is 2.33. The molecule has 0 bridgehead atoms. The summed E-state index contributed by atoms with van der Waals surface area (Å²) in [7, 11) is 0. The van der Waals surface area contributed by atoms with Gasteiger partial charge in [0, 0.05) is 0 Å².